The summed E-state index contributed by atoms with van der Waals surface area (Å²) in [7, 11) is 0. The van der Waals surface area contributed by atoms with Crippen molar-refractivity contribution in [2.75, 3.05) is 19.8 Å². The molecule has 0 saturated carbocycles. The molecule has 1 heterocycles. The van der Waals surface area contributed by atoms with E-state index in [4.69, 9.17) is 9.84 Å². The van der Waals surface area contributed by atoms with Gasteiger partial charge < -0.3 is 20.1 Å². The molecule has 1 saturated heterocycles. The molecule has 6 nitrogen and oxygen atoms in total. The number of carbonyl (C=O) groups is 2. The Kier molecular flexibility index (Phi) is 3.90. The molecule has 2 N–H and O–H groups in total. The van der Waals surface area contributed by atoms with E-state index < -0.39 is 12.0 Å². The van der Waals surface area contributed by atoms with Crippen molar-refractivity contribution in [3.05, 3.63) is 0 Å². The molecule has 0 radical (unpaired) electrons. The third-order valence-electron chi connectivity index (χ3n) is 2.34. The Balaban J connectivity index is 2.48. The first-order chi connectivity index (χ1) is 7.02. The quantitative estimate of drug-likeness (QED) is 0.675. The van der Waals surface area contributed by atoms with Crippen LogP contribution < -0.4 is 5.32 Å². The summed E-state index contributed by atoms with van der Waals surface area (Å²) in [6, 6.07) is -1.23. The maximum absolute atomic E-state index is 11.6. The fourth-order valence-corrected chi connectivity index (χ4v) is 1.36. The van der Waals surface area contributed by atoms with E-state index in [-0.39, 0.29) is 12.1 Å². The van der Waals surface area contributed by atoms with Gasteiger partial charge in [0.25, 0.3) is 0 Å². The predicted molar refractivity (Wildman–Crippen MR) is 52.6 cm³/mol. The number of nitrogens with one attached hydrogen (secondary N) is 1. The number of amides is 2. The Bertz CT molecular complexity index is 256. The topological polar surface area (TPSA) is 78.9 Å². The fraction of sp³-hybridized carbons (Fsp3) is 0.778. The van der Waals surface area contributed by atoms with Crippen LogP contribution in [0.3, 0.4) is 0 Å². The summed E-state index contributed by atoms with van der Waals surface area (Å²) in [6.07, 6.45) is 0. The SMILES string of the molecule is CC1COCCN1C(=O)N[C@@H](C)C(=O)O. The molecule has 0 bridgehead atoms. The van der Waals surface area contributed by atoms with Gasteiger partial charge in [0.05, 0.1) is 19.3 Å². The lowest BCUT2D eigenvalue weighted by Crippen LogP contribution is -2.54. The number of aliphatic carboxylic acids is 1. The smallest absolute Gasteiger partial charge is 0.325 e. The molecule has 2 amide bonds. The van der Waals surface area contributed by atoms with E-state index in [1.54, 1.807) is 4.90 Å². The highest BCUT2D eigenvalue weighted by Gasteiger charge is 2.25. The standard InChI is InChI=1S/C9H16N2O4/c1-6-5-15-4-3-11(6)9(14)10-7(2)8(12)13/h6-7H,3-5H2,1-2H3,(H,10,14)(H,12,13)/t6?,7-/m0/s1. The number of urea groups is 1. The number of rotatable bonds is 2. The van der Waals surface area contributed by atoms with E-state index >= 15 is 0 Å². The van der Waals surface area contributed by atoms with Gasteiger partial charge in [0, 0.05) is 6.54 Å². The van der Waals surface area contributed by atoms with Gasteiger partial charge in [-0.15, -0.1) is 0 Å². The summed E-state index contributed by atoms with van der Waals surface area (Å²) >= 11 is 0. The average Bonchev–Trinajstić information content (AvgIpc) is 2.18. The molecule has 0 aliphatic carbocycles. The van der Waals surface area contributed by atoms with Crippen LogP contribution in [0.5, 0.6) is 0 Å². The van der Waals surface area contributed by atoms with Gasteiger partial charge in [0.2, 0.25) is 0 Å². The largest absolute Gasteiger partial charge is 0.480 e. The number of hydrogen-bond acceptors (Lipinski definition) is 3. The van der Waals surface area contributed by atoms with Crippen molar-refractivity contribution in [2.24, 2.45) is 0 Å². The van der Waals surface area contributed by atoms with Gasteiger partial charge in [-0.25, -0.2) is 4.79 Å². The van der Waals surface area contributed by atoms with E-state index in [9.17, 15) is 9.59 Å². The molecule has 0 aromatic heterocycles. The van der Waals surface area contributed by atoms with E-state index in [0.717, 1.165) is 0 Å². The third-order valence-corrected chi connectivity index (χ3v) is 2.34. The lowest BCUT2D eigenvalue weighted by Gasteiger charge is -2.33. The maximum atomic E-state index is 11.6. The Labute approximate surface area is 88.2 Å². The molecule has 0 spiro atoms. The van der Waals surface area contributed by atoms with Gasteiger partial charge in [0.1, 0.15) is 6.04 Å². The van der Waals surface area contributed by atoms with Crippen molar-refractivity contribution in [2.45, 2.75) is 25.9 Å². The lowest BCUT2D eigenvalue weighted by atomic mass is 10.2. The van der Waals surface area contributed by atoms with Gasteiger partial charge in [-0.3, -0.25) is 4.79 Å². The zero-order chi connectivity index (χ0) is 11.4. The van der Waals surface area contributed by atoms with Crippen molar-refractivity contribution in [3.63, 3.8) is 0 Å². The van der Waals surface area contributed by atoms with Crippen LogP contribution in [0.1, 0.15) is 13.8 Å². The third kappa shape index (κ3) is 3.09. The Morgan fingerprint density at radius 3 is 2.80 bits per heavy atom. The first-order valence-corrected chi connectivity index (χ1v) is 4.90. The maximum Gasteiger partial charge on any atom is 0.325 e. The van der Waals surface area contributed by atoms with Crippen LogP contribution in [0.2, 0.25) is 0 Å². The molecule has 1 fully saturated rings. The summed E-state index contributed by atoms with van der Waals surface area (Å²) in [5, 5.41) is 11.0. The monoisotopic (exact) mass is 216 g/mol. The van der Waals surface area contributed by atoms with Crippen molar-refractivity contribution in [3.8, 4) is 0 Å². The molecule has 1 unspecified atom stereocenters. The highest BCUT2D eigenvalue weighted by molar-refractivity contribution is 5.82. The fourth-order valence-electron chi connectivity index (χ4n) is 1.36. The molecule has 1 aliphatic rings. The first-order valence-electron chi connectivity index (χ1n) is 4.90. The first kappa shape index (κ1) is 11.8. The summed E-state index contributed by atoms with van der Waals surface area (Å²) in [5.41, 5.74) is 0. The second-order valence-electron chi connectivity index (χ2n) is 3.63. The second-order valence-corrected chi connectivity index (χ2v) is 3.63. The van der Waals surface area contributed by atoms with Gasteiger partial charge in [-0.2, -0.15) is 0 Å². The van der Waals surface area contributed by atoms with Gasteiger partial charge >= 0.3 is 12.0 Å². The minimum Gasteiger partial charge on any atom is -0.480 e. The number of carboxylic acids is 1. The normalized spacial score (nSPS) is 23.3. The van der Waals surface area contributed by atoms with E-state index in [1.165, 1.54) is 6.92 Å². The molecule has 1 rings (SSSR count). The summed E-state index contributed by atoms with van der Waals surface area (Å²) in [4.78, 5) is 23.7. The molecule has 15 heavy (non-hydrogen) atoms. The summed E-state index contributed by atoms with van der Waals surface area (Å²) in [6.45, 7) is 4.79. The molecule has 1 aliphatic heterocycles. The number of carbonyl (C=O) groups excluding carboxylic acids is 1. The van der Waals surface area contributed by atoms with Crippen LogP contribution in [0.15, 0.2) is 0 Å². The Morgan fingerprint density at radius 1 is 1.60 bits per heavy atom. The van der Waals surface area contributed by atoms with Crippen LogP contribution in [-0.4, -0.2) is 53.8 Å². The molecular weight excluding hydrogens is 200 g/mol. The van der Waals surface area contributed by atoms with Crippen molar-refractivity contribution in [1.82, 2.24) is 10.2 Å². The van der Waals surface area contributed by atoms with Gasteiger partial charge in [0.15, 0.2) is 0 Å². The molecule has 0 aromatic rings. The predicted octanol–water partition coefficient (Wildman–Crippen LogP) is -0.110. The van der Waals surface area contributed by atoms with Crippen LogP contribution in [-0.2, 0) is 9.53 Å². The van der Waals surface area contributed by atoms with E-state index in [0.29, 0.717) is 19.8 Å². The average molecular weight is 216 g/mol. The van der Waals surface area contributed by atoms with Crippen molar-refractivity contribution >= 4 is 12.0 Å². The molecule has 0 aromatic carbocycles. The second kappa shape index (κ2) is 4.97. The van der Waals surface area contributed by atoms with Gasteiger partial charge in [-0.05, 0) is 13.8 Å². The zero-order valence-electron chi connectivity index (χ0n) is 8.90. The lowest BCUT2D eigenvalue weighted by molar-refractivity contribution is -0.138. The Hall–Kier alpha value is -1.30. The summed E-state index contributed by atoms with van der Waals surface area (Å²) < 4.78 is 5.18. The van der Waals surface area contributed by atoms with Crippen LogP contribution in [0, 0.1) is 0 Å². The molecular formula is C9H16N2O4. The number of hydrogen-bond donors (Lipinski definition) is 2. The number of ether oxygens (including phenoxy) is 1. The Morgan fingerprint density at radius 2 is 2.27 bits per heavy atom. The molecule has 2 atom stereocenters. The van der Waals surface area contributed by atoms with Crippen molar-refractivity contribution in [1.29, 1.82) is 0 Å². The van der Waals surface area contributed by atoms with Crippen molar-refractivity contribution < 1.29 is 19.4 Å². The van der Waals surface area contributed by atoms with Crippen LogP contribution >= 0.6 is 0 Å². The van der Waals surface area contributed by atoms with E-state index in [1.807, 2.05) is 6.92 Å². The number of carboxylic acid groups (broad SMARTS) is 1. The summed E-state index contributed by atoms with van der Waals surface area (Å²) in [5.74, 6) is -1.04. The highest BCUT2D eigenvalue weighted by Crippen LogP contribution is 2.06. The van der Waals surface area contributed by atoms with Gasteiger partial charge in [-0.1, -0.05) is 0 Å². The van der Waals surface area contributed by atoms with Crippen LogP contribution in [0.25, 0.3) is 0 Å². The highest BCUT2D eigenvalue weighted by atomic mass is 16.5. The minimum atomic E-state index is -1.04. The molecule has 6 heteroatoms. The number of morpholine rings is 1. The zero-order valence-corrected chi connectivity index (χ0v) is 8.90. The molecule has 86 valence electrons. The van der Waals surface area contributed by atoms with Crippen LogP contribution in [0.4, 0.5) is 4.79 Å². The minimum absolute atomic E-state index is 0.0141. The van der Waals surface area contributed by atoms with E-state index in [2.05, 4.69) is 5.32 Å². The number of nitrogens with zero attached hydrogens (tertiary/aromatic N) is 1.